The van der Waals surface area contributed by atoms with E-state index in [0.29, 0.717) is 27.6 Å². The molecule has 236 valence electrons. The Bertz CT molecular complexity index is 2220. The number of nitrogens with zero attached hydrogens (tertiary/aromatic N) is 1. The van der Waals surface area contributed by atoms with Gasteiger partial charge in [0.15, 0.2) is 11.2 Å². The lowest BCUT2D eigenvalue weighted by Crippen LogP contribution is -2.58. The number of carbonyl (C=O) groups excluding carboxylic acids is 1. The zero-order chi connectivity index (χ0) is 33.6. The molecule has 1 saturated carbocycles. The maximum absolute atomic E-state index is 15.4. The molecule has 0 spiro atoms. The summed E-state index contributed by atoms with van der Waals surface area (Å²) in [7, 11) is 0. The highest BCUT2D eigenvalue weighted by Crippen LogP contribution is 2.64. The number of fused-ring (bicyclic) bond motifs is 2. The van der Waals surface area contributed by atoms with Crippen molar-refractivity contribution in [1.82, 2.24) is 0 Å². The van der Waals surface area contributed by atoms with Gasteiger partial charge in [0.05, 0.1) is 12.0 Å². The van der Waals surface area contributed by atoms with Crippen LogP contribution in [0.3, 0.4) is 0 Å². The SMILES string of the molecule is Cc1ccc([C@@H]2C[C@](O)(c3cccc4ccccc34)[C@H](C(=O)c3cccc4ccccc34)[C@H](c3ccc(C)cc3)[C@@]2(C#N)C(=O)O)cc1. The second-order valence-electron chi connectivity index (χ2n) is 13.2. The molecular formula is C43H35NO4. The highest BCUT2D eigenvalue weighted by atomic mass is 16.4. The average molecular weight is 630 g/mol. The zero-order valence-electron chi connectivity index (χ0n) is 26.8. The summed E-state index contributed by atoms with van der Waals surface area (Å²) in [6.45, 7) is 3.87. The standard InChI is InChI=1S/C43H35NO4/c1-27-17-21-31(22-18-27)37-25-43(48,36-16-8-12-30-10-4-6-14-34(30)36)39(40(45)35-15-7-11-29-9-3-5-13-33(29)35)38(42(37,26-44)41(46)47)32-23-19-28(2)20-24-32/h3-24,37-39,48H,25H2,1-2H3,(H,46,47)/t37-,38-,39-,42-,43-/m0/s1. The summed E-state index contributed by atoms with van der Waals surface area (Å²) in [6, 6.07) is 43.5. The largest absolute Gasteiger partial charge is 0.480 e. The van der Waals surface area contributed by atoms with Gasteiger partial charge in [0, 0.05) is 17.4 Å². The van der Waals surface area contributed by atoms with Gasteiger partial charge < -0.3 is 10.2 Å². The molecule has 0 aromatic heterocycles. The molecule has 0 bridgehead atoms. The van der Waals surface area contributed by atoms with E-state index in [-0.39, 0.29) is 6.42 Å². The van der Waals surface area contributed by atoms with Gasteiger partial charge in [0.2, 0.25) is 0 Å². The van der Waals surface area contributed by atoms with Crippen molar-refractivity contribution in [2.24, 2.45) is 11.3 Å². The summed E-state index contributed by atoms with van der Waals surface area (Å²) in [5.41, 5.74) is -0.0120. The second-order valence-corrected chi connectivity index (χ2v) is 13.2. The highest BCUT2D eigenvalue weighted by molar-refractivity contribution is 6.10. The van der Waals surface area contributed by atoms with Crippen LogP contribution in [0, 0.1) is 36.5 Å². The molecule has 48 heavy (non-hydrogen) atoms. The van der Waals surface area contributed by atoms with Gasteiger partial charge in [-0.25, -0.2) is 0 Å². The number of hydrogen-bond donors (Lipinski definition) is 2. The van der Waals surface area contributed by atoms with Crippen LogP contribution >= 0.6 is 0 Å². The molecule has 0 heterocycles. The molecule has 0 aliphatic heterocycles. The number of aliphatic hydroxyl groups is 1. The van der Waals surface area contributed by atoms with E-state index in [1.54, 1.807) is 24.3 Å². The highest BCUT2D eigenvalue weighted by Gasteiger charge is 2.67. The van der Waals surface area contributed by atoms with E-state index in [4.69, 9.17) is 0 Å². The third-order valence-corrected chi connectivity index (χ3v) is 10.5. The van der Waals surface area contributed by atoms with E-state index >= 15 is 4.79 Å². The molecule has 0 unspecified atom stereocenters. The summed E-state index contributed by atoms with van der Waals surface area (Å²) in [5.74, 6) is -5.26. The van der Waals surface area contributed by atoms with Crippen molar-refractivity contribution in [2.75, 3.05) is 0 Å². The molecule has 1 aliphatic rings. The Labute approximate surface area is 279 Å². The van der Waals surface area contributed by atoms with Crippen molar-refractivity contribution in [2.45, 2.75) is 37.7 Å². The third-order valence-electron chi connectivity index (χ3n) is 10.5. The summed E-state index contributed by atoms with van der Waals surface area (Å²) in [4.78, 5) is 29.3. The third kappa shape index (κ3) is 4.80. The Hall–Kier alpha value is -5.57. The number of benzene rings is 6. The van der Waals surface area contributed by atoms with Crippen LogP contribution < -0.4 is 0 Å². The van der Waals surface area contributed by atoms with Gasteiger partial charge in [0.25, 0.3) is 0 Å². The topological polar surface area (TPSA) is 98.4 Å². The lowest BCUT2D eigenvalue weighted by molar-refractivity contribution is -0.158. The maximum atomic E-state index is 15.4. The Balaban J connectivity index is 1.61. The van der Waals surface area contributed by atoms with Gasteiger partial charge in [-0.2, -0.15) is 5.26 Å². The van der Waals surface area contributed by atoms with Gasteiger partial charge in [0.1, 0.15) is 5.60 Å². The number of carbonyl (C=O) groups is 2. The molecule has 5 heteroatoms. The minimum absolute atomic E-state index is 0.159. The predicted octanol–water partition coefficient (Wildman–Crippen LogP) is 8.86. The fourth-order valence-electron chi connectivity index (χ4n) is 8.10. The van der Waals surface area contributed by atoms with E-state index in [2.05, 4.69) is 6.07 Å². The number of nitriles is 1. The zero-order valence-corrected chi connectivity index (χ0v) is 26.8. The monoisotopic (exact) mass is 629 g/mol. The molecule has 2 N–H and O–H groups in total. The van der Waals surface area contributed by atoms with E-state index in [0.717, 1.165) is 27.3 Å². The number of ketones is 1. The molecule has 0 saturated heterocycles. The number of carboxylic acid groups (broad SMARTS) is 1. The van der Waals surface area contributed by atoms with Crippen LogP contribution in [-0.2, 0) is 10.4 Å². The van der Waals surface area contributed by atoms with Gasteiger partial charge in [-0.3, -0.25) is 9.59 Å². The number of aryl methyl sites for hydroxylation is 2. The number of carboxylic acids is 1. The Kier molecular flexibility index (Phi) is 7.70. The average Bonchev–Trinajstić information content (AvgIpc) is 3.11. The van der Waals surface area contributed by atoms with Crippen molar-refractivity contribution in [3.05, 3.63) is 167 Å². The van der Waals surface area contributed by atoms with Crippen LogP contribution in [0.25, 0.3) is 21.5 Å². The molecule has 6 aromatic carbocycles. The fourth-order valence-corrected chi connectivity index (χ4v) is 8.10. The lowest BCUT2D eigenvalue weighted by atomic mass is 9.47. The van der Waals surface area contributed by atoms with E-state index in [1.165, 1.54) is 0 Å². The molecule has 0 amide bonds. The predicted molar refractivity (Wildman–Crippen MR) is 188 cm³/mol. The van der Waals surface area contributed by atoms with Gasteiger partial charge >= 0.3 is 5.97 Å². The molecule has 1 fully saturated rings. The first-order chi connectivity index (χ1) is 23.2. The van der Waals surface area contributed by atoms with Crippen LogP contribution in [0.5, 0.6) is 0 Å². The van der Waals surface area contributed by atoms with Gasteiger partial charge in [-0.05, 0) is 58.5 Å². The second kappa shape index (κ2) is 11.9. The first kappa shape index (κ1) is 31.1. The summed E-state index contributed by atoms with van der Waals surface area (Å²) < 4.78 is 0. The summed E-state index contributed by atoms with van der Waals surface area (Å²) >= 11 is 0. The normalized spacial score (nSPS) is 23.8. The van der Waals surface area contributed by atoms with E-state index in [1.807, 2.05) is 123 Å². The fraction of sp³-hybridized carbons (Fsp3) is 0.186. The van der Waals surface area contributed by atoms with Crippen LogP contribution in [-0.4, -0.2) is 22.0 Å². The summed E-state index contributed by atoms with van der Waals surface area (Å²) in [6.07, 6.45) is -0.159. The van der Waals surface area contributed by atoms with E-state index in [9.17, 15) is 20.3 Å². The summed E-state index contributed by atoms with van der Waals surface area (Å²) in [5, 5.41) is 39.3. The molecule has 5 nitrogen and oxygen atoms in total. The minimum atomic E-state index is -2.10. The van der Waals surface area contributed by atoms with Gasteiger partial charge in [-0.15, -0.1) is 0 Å². The van der Waals surface area contributed by atoms with Crippen molar-refractivity contribution in [3.63, 3.8) is 0 Å². The molecule has 6 aromatic rings. The molecule has 1 aliphatic carbocycles. The van der Waals surface area contributed by atoms with Crippen LogP contribution in [0.4, 0.5) is 0 Å². The van der Waals surface area contributed by atoms with Crippen LogP contribution in [0.2, 0.25) is 0 Å². The maximum Gasteiger partial charge on any atom is 0.325 e. The minimum Gasteiger partial charge on any atom is -0.480 e. The quantitative estimate of drug-likeness (QED) is 0.179. The van der Waals surface area contributed by atoms with Crippen molar-refractivity contribution >= 4 is 33.3 Å². The number of rotatable bonds is 6. The lowest BCUT2D eigenvalue weighted by Gasteiger charge is -2.54. The Morgan fingerprint density at radius 3 is 1.81 bits per heavy atom. The molecular weight excluding hydrogens is 594 g/mol. The van der Waals surface area contributed by atoms with Crippen molar-refractivity contribution in [1.29, 1.82) is 5.26 Å². The number of hydrogen-bond acceptors (Lipinski definition) is 4. The Morgan fingerprint density at radius 2 is 1.21 bits per heavy atom. The van der Waals surface area contributed by atoms with Crippen LogP contribution in [0.15, 0.2) is 133 Å². The van der Waals surface area contributed by atoms with Crippen molar-refractivity contribution < 1.29 is 19.8 Å². The van der Waals surface area contributed by atoms with Crippen molar-refractivity contribution in [3.8, 4) is 6.07 Å². The van der Waals surface area contributed by atoms with E-state index < -0.39 is 40.5 Å². The Morgan fingerprint density at radius 1 is 0.688 bits per heavy atom. The first-order valence-electron chi connectivity index (χ1n) is 16.2. The molecule has 5 atom stereocenters. The first-order valence-corrected chi connectivity index (χ1v) is 16.2. The molecule has 7 rings (SSSR count). The van der Waals surface area contributed by atoms with Gasteiger partial charge in [-0.1, -0.05) is 145 Å². The molecule has 0 radical (unpaired) electrons. The van der Waals surface area contributed by atoms with Crippen LogP contribution in [0.1, 0.15) is 56.4 Å². The number of aliphatic carboxylic acids is 1. The number of Topliss-reactive ketones (excluding diaryl/α,β-unsaturated/α-hetero) is 1. The smallest absolute Gasteiger partial charge is 0.325 e.